The summed E-state index contributed by atoms with van der Waals surface area (Å²) in [4.78, 5) is 4.31. The summed E-state index contributed by atoms with van der Waals surface area (Å²) in [6.45, 7) is 9.52. The van der Waals surface area contributed by atoms with Crippen LogP contribution in [0, 0.1) is 5.92 Å². The van der Waals surface area contributed by atoms with Crippen LogP contribution in [0.5, 0.6) is 0 Å². The molecule has 0 aromatic rings. The largest absolute Gasteiger partial charge is 0.294 e. The summed E-state index contributed by atoms with van der Waals surface area (Å²) in [6, 6.07) is 0. The van der Waals surface area contributed by atoms with Gasteiger partial charge in [0.25, 0.3) is 0 Å². The minimum absolute atomic E-state index is 0.750. The molecule has 0 bridgehead atoms. The van der Waals surface area contributed by atoms with Crippen molar-refractivity contribution in [2.24, 2.45) is 10.9 Å². The molecule has 0 saturated carbocycles. The summed E-state index contributed by atoms with van der Waals surface area (Å²) < 4.78 is 0. The van der Waals surface area contributed by atoms with Crippen molar-refractivity contribution in [3.8, 4) is 0 Å². The number of hydrogen-bond donors (Lipinski definition) is 0. The Hall–Kier alpha value is -0.330. The summed E-state index contributed by atoms with van der Waals surface area (Å²) in [7, 11) is 0. The highest BCUT2D eigenvalue weighted by Gasteiger charge is 1.93. The molecule has 0 fully saturated rings. The third-order valence-electron chi connectivity index (χ3n) is 1.42. The van der Waals surface area contributed by atoms with Crippen LogP contribution in [-0.4, -0.2) is 12.3 Å². The van der Waals surface area contributed by atoms with Crippen molar-refractivity contribution in [2.45, 2.75) is 34.1 Å². The maximum Gasteiger partial charge on any atom is 0.0413 e. The van der Waals surface area contributed by atoms with Crippen molar-refractivity contribution in [3.63, 3.8) is 0 Å². The number of hydrogen-bond acceptors (Lipinski definition) is 1. The Morgan fingerprint density at radius 3 is 2.33 bits per heavy atom. The van der Waals surface area contributed by atoms with Crippen LogP contribution < -0.4 is 0 Å². The summed E-state index contributed by atoms with van der Waals surface area (Å²) in [5, 5.41) is 0. The highest BCUT2D eigenvalue weighted by Crippen LogP contribution is 1.99. The van der Waals surface area contributed by atoms with E-state index >= 15 is 0 Å². The molecule has 0 saturated heterocycles. The molecule has 0 aromatic carbocycles. The second kappa shape index (κ2) is 4.54. The minimum atomic E-state index is 0.750. The molecule has 0 heterocycles. The van der Waals surface area contributed by atoms with Crippen LogP contribution in [-0.2, 0) is 0 Å². The molecular weight excluding hydrogens is 110 g/mol. The van der Waals surface area contributed by atoms with E-state index in [1.165, 1.54) is 12.1 Å². The second-order valence-electron chi connectivity index (χ2n) is 2.80. The lowest BCUT2D eigenvalue weighted by Gasteiger charge is -2.02. The molecular formula is C8H17N. The van der Waals surface area contributed by atoms with Gasteiger partial charge in [0.1, 0.15) is 0 Å². The Morgan fingerprint density at radius 1 is 1.44 bits per heavy atom. The van der Waals surface area contributed by atoms with E-state index in [0.717, 1.165) is 12.5 Å². The third kappa shape index (κ3) is 5.54. The average molecular weight is 127 g/mol. The van der Waals surface area contributed by atoms with Gasteiger partial charge >= 0.3 is 0 Å². The van der Waals surface area contributed by atoms with Crippen molar-refractivity contribution in [3.05, 3.63) is 0 Å². The lowest BCUT2D eigenvalue weighted by molar-refractivity contribution is 0.577. The Morgan fingerprint density at radius 2 is 2.00 bits per heavy atom. The normalized spacial score (nSPS) is 12.9. The van der Waals surface area contributed by atoms with Gasteiger partial charge in [0, 0.05) is 12.3 Å². The van der Waals surface area contributed by atoms with Gasteiger partial charge in [0.15, 0.2) is 0 Å². The number of rotatable bonds is 3. The Kier molecular flexibility index (Phi) is 4.37. The van der Waals surface area contributed by atoms with Gasteiger partial charge in [-0.2, -0.15) is 0 Å². The lowest BCUT2D eigenvalue weighted by Crippen LogP contribution is -1.98. The van der Waals surface area contributed by atoms with Crippen molar-refractivity contribution in [2.75, 3.05) is 6.54 Å². The van der Waals surface area contributed by atoms with Crippen molar-refractivity contribution >= 4 is 5.71 Å². The SMILES string of the molecule is CCC(C)CN=C(C)C. The molecule has 0 aliphatic rings. The van der Waals surface area contributed by atoms with Crippen LogP contribution in [0.4, 0.5) is 0 Å². The Labute approximate surface area is 58.2 Å². The maximum atomic E-state index is 4.31. The second-order valence-corrected chi connectivity index (χ2v) is 2.80. The molecule has 0 radical (unpaired) electrons. The van der Waals surface area contributed by atoms with E-state index in [4.69, 9.17) is 0 Å². The van der Waals surface area contributed by atoms with Crippen LogP contribution in [0.1, 0.15) is 34.1 Å². The summed E-state index contributed by atoms with van der Waals surface area (Å²) >= 11 is 0. The standard InChI is InChI=1S/C8H17N/c1-5-8(4)6-9-7(2)3/h8H,5-6H2,1-4H3. The van der Waals surface area contributed by atoms with Crippen LogP contribution in [0.25, 0.3) is 0 Å². The first-order valence-electron chi connectivity index (χ1n) is 3.64. The summed E-state index contributed by atoms with van der Waals surface area (Å²) in [5.74, 6) is 0.750. The molecule has 54 valence electrons. The van der Waals surface area contributed by atoms with Gasteiger partial charge in [-0.15, -0.1) is 0 Å². The average Bonchev–Trinajstić information content (AvgIpc) is 1.83. The van der Waals surface area contributed by atoms with Gasteiger partial charge in [0.05, 0.1) is 0 Å². The molecule has 0 spiro atoms. The highest BCUT2D eigenvalue weighted by molar-refractivity contribution is 5.79. The van der Waals surface area contributed by atoms with Crippen LogP contribution >= 0.6 is 0 Å². The topological polar surface area (TPSA) is 12.4 Å². The van der Waals surface area contributed by atoms with Gasteiger partial charge in [-0.1, -0.05) is 20.3 Å². The predicted molar refractivity (Wildman–Crippen MR) is 43.1 cm³/mol. The van der Waals surface area contributed by atoms with E-state index in [9.17, 15) is 0 Å². The molecule has 1 unspecified atom stereocenters. The molecule has 0 aliphatic heterocycles. The van der Waals surface area contributed by atoms with E-state index in [-0.39, 0.29) is 0 Å². The van der Waals surface area contributed by atoms with E-state index < -0.39 is 0 Å². The zero-order valence-electron chi connectivity index (χ0n) is 6.94. The zero-order chi connectivity index (χ0) is 7.28. The number of aliphatic imine (C=N–C) groups is 1. The minimum Gasteiger partial charge on any atom is -0.294 e. The Balaban J connectivity index is 3.37. The quantitative estimate of drug-likeness (QED) is 0.516. The fraction of sp³-hybridized carbons (Fsp3) is 0.875. The van der Waals surface area contributed by atoms with E-state index in [0.29, 0.717) is 0 Å². The first kappa shape index (κ1) is 8.67. The van der Waals surface area contributed by atoms with E-state index in [1.807, 2.05) is 13.8 Å². The first-order chi connectivity index (χ1) is 4.16. The first-order valence-corrected chi connectivity index (χ1v) is 3.64. The van der Waals surface area contributed by atoms with Crippen LogP contribution in [0.15, 0.2) is 4.99 Å². The summed E-state index contributed by atoms with van der Waals surface area (Å²) in [5.41, 5.74) is 1.19. The van der Waals surface area contributed by atoms with Gasteiger partial charge < -0.3 is 0 Å². The molecule has 1 atom stereocenters. The lowest BCUT2D eigenvalue weighted by atomic mass is 10.1. The molecule has 0 rings (SSSR count). The fourth-order valence-electron chi connectivity index (χ4n) is 0.468. The zero-order valence-corrected chi connectivity index (χ0v) is 6.94. The monoisotopic (exact) mass is 127 g/mol. The molecule has 1 nitrogen and oxygen atoms in total. The Bertz CT molecular complexity index is 90.7. The fourth-order valence-corrected chi connectivity index (χ4v) is 0.468. The molecule has 9 heavy (non-hydrogen) atoms. The predicted octanol–water partition coefficient (Wildman–Crippen LogP) is 2.51. The number of nitrogens with zero attached hydrogens (tertiary/aromatic N) is 1. The smallest absolute Gasteiger partial charge is 0.0413 e. The van der Waals surface area contributed by atoms with Crippen molar-refractivity contribution < 1.29 is 0 Å². The van der Waals surface area contributed by atoms with E-state index in [1.54, 1.807) is 0 Å². The highest BCUT2D eigenvalue weighted by atomic mass is 14.7. The van der Waals surface area contributed by atoms with Gasteiger partial charge in [-0.05, 0) is 19.8 Å². The van der Waals surface area contributed by atoms with Gasteiger partial charge in [0.2, 0.25) is 0 Å². The molecule has 0 aliphatic carbocycles. The van der Waals surface area contributed by atoms with Crippen molar-refractivity contribution in [1.29, 1.82) is 0 Å². The van der Waals surface area contributed by atoms with Crippen molar-refractivity contribution in [1.82, 2.24) is 0 Å². The third-order valence-corrected chi connectivity index (χ3v) is 1.42. The maximum absolute atomic E-state index is 4.31. The van der Waals surface area contributed by atoms with Crippen LogP contribution in [0.3, 0.4) is 0 Å². The van der Waals surface area contributed by atoms with Crippen LogP contribution in [0.2, 0.25) is 0 Å². The van der Waals surface area contributed by atoms with Gasteiger partial charge in [-0.3, -0.25) is 4.99 Å². The molecule has 0 aromatic heterocycles. The molecule has 1 heteroatoms. The van der Waals surface area contributed by atoms with Gasteiger partial charge in [-0.25, -0.2) is 0 Å². The summed E-state index contributed by atoms with van der Waals surface area (Å²) in [6.07, 6.45) is 1.23. The molecule has 0 N–H and O–H groups in total. The van der Waals surface area contributed by atoms with E-state index in [2.05, 4.69) is 18.8 Å². The molecule has 0 amide bonds.